The maximum absolute atomic E-state index is 11.3. The monoisotopic (exact) mass is 325 g/mol. The van der Waals surface area contributed by atoms with Crippen molar-refractivity contribution >= 4 is 25.6 Å². The molecule has 0 aliphatic heterocycles. The molecule has 0 aliphatic carbocycles. The molecule has 0 heterocycles. The summed E-state index contributed by atoms with van der Waals surface area (Å²) in [6, 6.07) is 3.75. The van der Waals surface area contributed by atoms with Crippen molar-refractivity contribution in [3.63, 3.8) is 0 Å². The number of anilines is 1. The standard InChI is InChI=1S/C10H15NO7S2/c11-8-2-1-3-9(20(15,16)17)10(8)18-5-7-19(13,14)6-4-12/h1-3,12H,4-7,11H2,(H,15,16,17). The van der Waals surface area contributed by atoms with Crippen LogP contribution < -0.4 is 10.5 Å². The third-order valence-corrected chi connectivity index (χ3v) is 4.80. The summed E-state index contributed by atoms with van der Waals surface area (Å²) in [5.74, 6) is -1.12. The number of hydrogen-bond donors (Lipinski definition) is 3. The summed E-state index contributed by atoms with van der Waals surface area (Å²) in [6.07, 6.45) is 0. The minimum atomic E-state index is -4.53. The zero-order valence-corrected chi connectivity index (χ0v) is 12.0. The van der Waals surface area contributed by atoms with Gasteiger partial charge < -0.3 is 15.6 Å². The van der Waals surface area contributed by atoms with Crippen molar-refractivity contribution in [1.29, 1.82) is 0 Å². The van der Waals surface area contributed by atoms with E-state index in [4.69, 9.17) is 20.1 Å². The molecule has 0 aromatic heterocycles. The Morgan fingerprint density at radius 3 is 2.35 bits per heavy atom. The Balaban J connectivity index is 2.89. The Hall–Kier alpha value is -1.36. The van der Waals surface area contributed by atoms with Gasteiger partial charge >= 0.3 is 0 Å². The van der Waals surface area contributed by atoms with E-state index >= 15 is 0 Å². The molecule has 10 heteroatoms. The summed E-state index contributed by atoms with van der Waals surface area (Å²) in [5.41, 5.74) is 5.49. The van der Waals surface area contributed by atoms with E-state index in [0.29, 0.717) is 0 Å². The predicted molar refractivity (Wildman–Crippen MR) is 71.9 cm³/mol. The van der Waals surface area contributed by atoms with Crippen LogP contribution in [0.2, 0.25) is 0 Å². The second-order valence-corrected chi connectivity index (χ2v) is 7.57. The molecular formula is C10H15NO7S2. The molecule has 0 bridgehead atoms. The van der Waals surface area contributed by atoms with E-state index < -0.39 is 43.0 Å². The minimum Gasteiger partial charge on any atom is -0.489 e. The van der Waals surface area contributed by atoms with E-state index in [0.717, 1.165) is 6.07 Å². The van der Waals surface area contributed by atoms with Gasteiger partial charge in [-0.1, -0.05) is 6.07 Å². The summed E-state index contributed by atoms with van der Waals surface area (Å²) < 4.78 is 59.0. The zero-order valence-electron chi connectivity index (χ0n) is 10.4. The van der Waals surface area contributed by atoms with Crippen LogP contribution in [0, 0.1) is 0 Å². The molecule has 0 atom stereocenters. The highest BCUT2D eigenvalue weighted by molar-refractivity contribution is 7.91. The molecule has 0 fully saturated rings. The SMILES string of the molecule is Nc1cccc(S(=O)(=O)O)c1OCCS(=O)(=O)CCO. The number of ether oxygens (including phenoxy) is 1. The van der Waals surface area contributed by atoms with Crippen molar-refractivity contribution in [2.45, 2.75) is 4.90 Å². The molecular weight excluding hydrogens is 310 g/mol. The van der Waals surface area contributed by atoms with E-state index in [1.807, 2.05) is 0 Å². The molecule has 0 unspecified atom stereocenters. The molecule has 1 aromatic carbocycles. The fourth-order valence-corrected chi connectivity index (χ4v) is 2.88. The van der Waals surface area contributed by atoms with Crippen LogP contribution in [0.1, 0.15) is 0 Å². The number of benzene rings is 1. The van der Waals surface area contributed by atoms with Gasteiger partial charge in [-0.05, 0) is 12.1 Å². The van der Waals surface area contributed by atoms with Gasteiger partial charge in [0.05, 0.1) is 23.8 Å². The first-order chi connectivity index (χ1) is 9.17. The van der Waals surface area contributed by atoms with Gasteiger partial charge in [0, 0.05) is 0 Å². The van der Waals surface area contributed by atoms with Crippen LogP contribution in [0.4, 0.5) is 5.69 Å². The van der Waals surface area contributed by atoms with Crippen LogP contribution in [0.25, 0.3) is 0 Å². The lowest BCUT2D eigenvalue weighted by Crippen LogP contribution is -2.19. The van der Waals surface area contributed by atoms with Gasteiger partial charge in [-0.2, -0.15) is 8.42 Å². The van der Waals surface area contributed by atoms with Crippen molar-refractivity contribution in [3.8, 4) is 5.75 Å². The second kappa shape index (κ2) is 6.39. The van der Waals surface area contributed by atoms with Gasteiger partial charge in [0.25, 0.3) is 10.1 Å². The van der Waals surface area contributed by atoms with Crippen LogP contribution in [-0.4, -0.2) is 51.2 Å². The van der Waals surface area contributed by atoms with Gasteiger partial charge in [-0.3, -0.25) is 4.55 Å². The summed E-state index contributed by atoms with van der Waals surface area (Å²) >= 11 is 0. The fourth-order valence-electron chi connectivity index (χ4n) is 1.40. The van der Waals surface area contributed by atoms with Gasteiger partial charge in [-0.25, -0.2) is 8.42 Å². The van der Waals surface area contributed by atoms with E-state index in [1.54, 1.807) is 0 Å². The Morgan fingerprint density at radius 1 is 1.15 bits per heavy atom. The summed E-state index contributed by atoms with van der Waals surface area (Å²) in [6.45, 7) is -0.856. The lowest BCUT2D eigenvalue weighted by molar-refractivity contribution is 0.316. The van der Waals surface area contributed by atoms with Crippen molar-refractivity contribution in [2.75, 3.05) is 30.5 Å². The average Bonchev–Trinajstić information content (AvgIpc) is 2.29. The van der Waals surface area contributed by atoms with Crippen molar-refractivity contribution in [1.82, 2.24) is 0 Å². The molecule has 0 saturated heterocycles. The van der Waals surface area contributed by atoms with Gasteiger partial charge in [0.15, 0.2) is 15.6 Å². The molecule has 20 heavy (non-hydrogen) atoms. The highest BCUT2D eigenvalue weighted by Crippen LogP contribution is 2.29. The van der Waals surface area contributed by atoms with E-state index in [1.165, 1.54) is 12.1 Å². The quantitative estimate of drug-likeness (QED) is 0.441. The maximum atomic E-state index is 11.3. The summed E-state index contributed by atoms with van der Waals surface area (Å²) in [4.78, 5) is -0.531. The van der Waals surface area contributed by atoms with Crippen molar-refractivity contribution in [2.24, 2.45) is 0 Å². The molecule has 0 saturated carbocycles. The summed E-state index contributed by atoms with van der Waals surface area (Å²) in [7, 11) is -8.02. The molecule has 0 spiro atoms. The van der Waals surface area contributed by atoms with Crippen LogP contribution >= 0.6 is 0 Å². The smallest absolute Gasteiger partial charge is 0.298 e. The Morgan fingerprint density at radius 2 is 1.80 bits per heavy atom. The highest BCUT2D eigenvalue weighted by atomic mass is 32.2. The van der Waals surface area contributed by atoms with Crippen LogP contribution in [0.5, 0.6) is 5.75 Å². The van der Waals surface area contributed by atoms with Crippen LogP contribution in [0.15, 0.2) is 23.1 Å². The maximum Gasteiger partial charge on any atom is 0.298 e. The highest BCUT2D eigenvalue weighted by Gasteiger charge is 2.19. The molecule has 8 nitrogen and oxygen atoms in total. The van der Waals surface area contributed by atoms with Gasteiger partial charge in [-0.15, -0.1) is 0 Å². The Bertz CT molecular complexity index is 667. The van der Waals surface area contributed by atoms with Crippen molar-refractivity contribution < 1.29 is 31.2 Å². The van der Waals surface area contributed by atoms with Gasteiger partial charge in [0.1, 0.15) is 11.5 Å². The predicted octanol–water partition coefficient (Wildman–Crippen LogP) is -0.699. The molecule has 4 N–H and O–H groups in total. The molecule has 114 valence electrons. The van der Waals surface area contributed by atoms with Gasteiger partial charge in [0.2, 0.25) is 0 Å². The minimum absolute atomic E-state index is 0.0420. The zero-order chi connectivity index (χ0) is 15.4. The third-order valence-electron chi connectivity index (χ3n) is 2.33. The number of nitrogens with two attached hydrogens (primary N) is 1. The number of hydrogen-bond acceptors (Lipinski definition) is 7. The van der Waals surface area contributed by atoms with Crippen LogP contribution in [-0.2, 0) is 20.0 Å². The Labute approximate surface area is 116 Å². The number of aliphatic hydroxyl groups is 1. The molecule has 1 rings (SSSR count). The first-order valence-corrected chi connectivity index (χ1v) is 8.73. The first-order valence-electron chi connectivity index (χ1n) is 5.47. The van der Waals surface area contributed by atoms with E-state index in [9.17, 15) is 16.8 Å². The van der Waals surface area contributed by atoms with E-state index in [-0.39, 0.29) is 18.0 Å². The second-order valence-electron chi connectivity index (χ2n) is 3.87. The first kappa shape index (κ1) is 16.7. The third kappa shape index (κ3) is 4.63. The van der Waals surface area contributed by atoms with E-state index in [2.05, 4.69) is 0 Å². The summed E-state index contributed by atoms with van der Waals surface area (Å²) in [5, 5.41) is 8.56. The topological polar surface area (TPSA) is 144 Å². The Kier molecular flexibility index (Phi) is 5.34. The molecule has 0 amide bonds. The number of nitrogen functional groups attached to an aromatic ring is 1. The lowest BCUT2D eigenvalue weighted by Gasteiger charge is -2.12. The fraction of sp³-hybridized carbons (Fsp3) is 0.400. The number of rotatable bonds is 7. The van der Waals surface area contributed by atoms with Crippen molar-refractivity contribution in [3.05, 3.63) is 18.2 Å². The largest absolute Gasteiger partial charge is 0.489 e. The lowest BCUT2D eigenvalue weighted by atomic mass is 10.3. The normalized spacial score (nSPS) is 12.3. The van der Waals surface area contributed by atoms with Crippen LogP contribution in [0.3, 0.4) is 0 Å². The average molecular weight is 325 g/mol. The number of aliphatic hydroxyl groups excluding tert-OH is 1. The molecule has 0 radical (unpaired) electrons. The molecule has 0 aliphatic rings. The number of sulfone groups is 1. The molecule has 1 aromatic rings. The number of para-hydroxylation sites is 1.